The summed E-state index contributed by atoms with van der Waals surface area (Å²) < 4.78 is 83.2. The Kier molecular flexibility index (Phi) is 4.76. The molecular weight excluding hydrogens is 368 g/mol. The van der Waals surface area contributed by atoms with Gasteiger partial charge < -0.3 is 5.32 Å². The van der Waals surface area contributed by atoms with Crippen LogP contribution >= 0.6 is 22.3 Å². The molecule has 0 aliphatic rings. The fraction of sp³-hybridized carbons (Fsp3) is 0.222. The van der Waals surface area contributed by atoms with Gasteiger partial charge in [0.15, 0.2) is 0 Å². The predicted octanol–water partition coefficient (Wildman–Crippen LogP) is 3.40. The van der Waals surface area contributed by atoms with E-state index < -0.39 is 42.7 Å². The van der Waals surface area contributed by atoms with Crippen LogP contribution in [0, 0.1) is 0 Å². The zero-order valence-electron chi connectivity index (χ0n) is 9.51. The van der Waals surface area contributed by atoms with Crippen LogP contribution in [-0.4, -0.2) is 26.4 Å². The van der Waals surface area contributed by atoms with Gasteiger partial charge in [0.1, 0.15) is 0 Å². The van der Waals surface area contributed by atoms with Gasteiger partial charge in [-0.05, 0) is 18.2 Å². The molecule has 0 aliphatic heterocycles. The highest BCUT2D eigenvalue weighted by Gasteiger charge is 2.63. The first-order valence-corrected chi connectivity index (χ1v) is 7.46. The number of benzene rings is 1. The summed E-state index contributed by atoms with van der Waals surface area (Å²) in [5, 5.41) is 0.676. The molecular formula is C9H4Cl2F5NO3S. The van der Waals surface area contributed by atoms with E-state index in [1.807, 2.05) is 0 Å². The SMILES string of the molecule is O=C(Nc1ccc(S(=O)(=O)Cl)cc1Cl)C(F)(F)C(F)(F)F. The van der Waals surface area contributed by atoms with Crippen LogP contribution in [0.1, 0.15) is 0 Å². The molecule has 0 spiro atoms. The van der Waals surface area contributed by atoms with Gasteiger partial charge in [-0.15, -0.1) is 0 Å². The zero-order valence-corrected chi connectivity index (χ0v) is 11.8. The fourth-order valence-electron chi connectivity index (χ4n) is 1.08. The number of hydrogen-bond donors (Lipinski definition) is 1. The van der Waals surface area contributed by atoms with E-state index >= 15 is 0 Å². The Hall–Kier alpha value is -1.13. The topological polar surface area (TPSA) is 63.2 Å². The number of amides is 1. The third-order valence-electron chi connectivity index (χ3n) is 2.11. The molecule has 0 aliphatic carbocycles. The molecule has 0 atom stereocenters. The average Bonchev–Trinajstić information content (AvgIpc) is 2.28. The van der Waals surface area contributed by atoms with Crippen LogP contribution in [0.15, 0.2) is 23.1 Å². The number of alkyl halides is 5. The standard InChI is InChI=1S/C9H4Cl2F5NO3S/c10-5-3-4(21(11,19)20)1-2-6(5)17-7(18)8(12,13)9(14,15)16/h1-3H,(H,17,18). The van der Waals surface area contributed by atoms with E-state index in [2.05, 4.69) is 0 Å². The monoisotopic (exact) mass is 371 g/mol. The summed E-state index contributed by atoms with van der Waals surface area (Å²) in [6.07, 6.45) is -6.08. The summed E-state index contributed by atoms with van der Waals surface area (Å²) in [6.45, 7) is 0. The number of hydrogen-bond acceptors (Lipinski definition) is 3. The normalized spacial score (nSPS) is 13.1. The summed E-state index contributed by atoms with van der Waals surface area (Å²) in [5.74, 6) is -8.29. The van der Waals surface area contributed by atoms with E-state index in [9.17, 15) is 35.2 Å². The van der Waals surface area contributed by atoms with Crippen LogP contribution in [0.25, 0.3) is 0 Å². The van der Waals surface area contributed by atoms with Crippen LogP contribution in [-0.2, 0) is 13.8 Å². The minimum absolute atomic E-state index is 0.519. The molecule has 1 aromatic rings. The van der Waals surface area contributed by atoms with Crippen molar-refractivity contribution in [1.82, 2.24) is 0 Å². The van der Waals surface area contributed by atoms with Crippen molar-refractivity contribution in [3.8, 4) is 0 Å². The minimum Gasteiger partial charge on any atom is -0.319 e. The smallest absolute Gasteiger partial charge is 0.319 e. The van der Waals surface area contributed by atoms with Gasteiger partial charge in [-0.1, -0.05) is 11.6 Å². The van der Waals surface area contributed by atoms with Gasteiger partial charge in [0.2, 0.25) is 0 Å². The first kappa shape index (κ1) is 17.9. The maximum absolute atomic E-state index is 12.7. The number of carbonyl (C=O) groups is 1. The lowest BCUT2D eigenvalue weighted by Gasteiger charge is -2.19. The van der Waals surface area contributed by atoms with Gasteiger partial charge in [-0.25, -0.2) is 8.42 Å². The van der Waals surface area contributed by atoms with Gasteiger partial charge in [0.25, 0.3) is 9.05 Å². The second-order valence-corrected chi connectivity index (χ2v) is 6.58. The van der Waals surface area contributed by atoms with Crippen LogP contribution < -0.4 is 5.32 Å². The molecule has 21 heavy (non-hydrogen) atoms. The van der Waals surface area contributed by atoms with E-state index in [1.54, 1.807) is 0 Å². The highest BCUT2D eigenvalue weighted by Crippen LogP contribution is 2.37. The highest BCUT2D eigenvalue weighted by atomic mass is 35.7. The molecule has 118 valence electrons. The van der Waals surface area contributed by atoms with E-state index in [4.69, 9.17) is 22.3 Å². The minimum atomic E-state index is -6.08. The molecule has 0 radical (unpaired) electrons. The third kappa shape index (κ3) is 3.95. The number of halogens is 7. The average molecular weight is 372 g/mol. The van der Waals surface area contributed by atoms with Crippen molar-refractivity contribution in [3.63, 3.8) is 0 Å². The Labute approximate surface area is 124 Å². The van der Waals surface area contributed by atoms with Crippen LogP contribution in [0.3, 0.4) is 0 Å². The lowest BCUT2D eigenvalue weighted by atomic mass is 10.2. The quantitative estimate of drug-likeness (QED) is 0.654. The first-order chi connectivity index (χ1) is 9.26. The van der Waals surface area contributed by atoms with Gasteiger partial charge in [-0.3, -0.25) is 4.79 Å². The Morgan fingerprint density at radius 2 is 1.67 bits per heavy atom. The Bertz CT molecular complexity index is 674. The van der Waals surface area contributed by atoms with Crippen molar-refractivity contribution in [3.05, 3.63) is 23.2 Å². The largest absolute Gasteiger partial charge is 0.463 e. The van der Waals surface area contributed by atoms with Crippen LogP contribution in [0.4, 0.5) is 27.6 Å². The molecule has 1 aromatic carbocycles. The van der Waals surface area contributed by atoms with E-state index in [0.29, 0.717) is 6.07 Å². The van der Waals surface area contributed by atoms with Gasteiger partial charge >= 0.3 is 18.0 Å². The summed E-state index contributed by atoms with van der Waals surface area (Å²) in [6, 6.07) is 2.18. The molecule has 0 fully saturated rings. The molecule has 1 rings (SSSR count). The van der Waals surface area contributed by atoms with Crippen molar-refractivity contribution < 1.29 is 35.2 Å². The lowest BCUT2D eigenvalue weighted by molar-refractivity contribution is -0.267. The van der Waals surface area contributed by atoms with Crippen LogP contribution in [0.5, 0.6) is 0 Å². The third-order valence-corrected chi connectivity index (χ3v) is 3.78. The number of carbonyl (C=O) groups excluding carboxylic acids is 1. The summed E-state index contributed by atoms with van der Waals surface area (Å²) >= 11 is 5.48. The second-order valence-electron chi connectivity index (χ2n) is 3.61. The van der Waals surface area contributed by atoms with E-state index in [-0.39, 0.29) is 0 Å². The molecule has 1 amide bonds. The highest BCUT2D eigenvalue weighted by molar-refractivity contribution is 8.13. The summed E-state index contributed by atoms with van der Waals surface area (Å²) in [7, 11) is 0.803. The Morgan fingerprint density at radius 3 is 2.05 bits per heavy atom. The zero-order chi connectivity index (χ0) is 16.6. The van der Waals surface area contributed by atoms with Crippen molar-refractivity contribution in [2.45, 2.75) is 17.0 Å². The summed E-state index contributed by atoms with van der Waals surface area (Å²) in [5.41, 5.74) is -0.630. The van der Waals surface area contributed by atoms with Crippen molar-refractivity contribution >= 4 is 42.9 Å². The fourth-order valence-corrected chi connectivity index (χ4v) is 2.15. The molecule has 12 heteroatoms. The molecule has 0 saturated heterocycles. The van der Waals surface area contributed by atoms with Gasteiger partial charge in [-0.2, -0.15) is 22.0 Å². The van der Waals surface area contributed by atoms with Gasteiger partial charge in [0, 0.05) is 10.7 Å². The molecule has 0 bridgehead atoms. The van der Waals surface area contributed by atoms with Crippen molar-refractivity contribution in [1.29, 1.82) is 0 Å². The lowest BCUT2D eigenvalue weighted by Crippen LogP contribution is -2.47. The molecule has 0 heterocycles. The predicted molar refractivity (Wildman–Crippen MR) is 64.1 cm³/mol. The Balaban J connectivity index is 3.08. The molecule has 4 nitrogen and oxygen atoms in total. The van der Waals surface area contributed by atoms with E-state index in [0.717, 1.165) is 12.1 Å². The van der Waals surface area contributed by atoms with Crippen LogP contribution in [0.2, 0.25) is 5.02 Å². The maximum Gasteiger partial charge on any atom is 0.463 e. The van der Waals surface area contributed by atoms with Crippen molar-refractivity contribution in [2.24, 2.45) is 0 Å². The molecule has 0 saturated carbocycles. The molecule has 1 N–H and O–H groups in total. The summed E-state index contributed by atoms with van der Waals surface area (Å²) in [4.78, 5) is 10.4. The number of anilines is 1. The van der Waals surface area contributed by atoms with Gasteiger partial charge in [0.05, 0.1) is 15.6 Å². The molecule has 0 aromatic heterocycles. The first-order valence-electron chi connectivity index (χ1n) is 4.77. The number of nitrogens with one attached hydrogen (secondary N) is 1. The maximum atomic E-state index is 12.7. The van der Waals surface area contributed by atoms with Crippen molar-refractivity contribution in [2.75, 3.05) is 5.32 Å². The van der Waals surface area contributed by atoms with E-state index in [1.165, 1.54) is 5.32 Å². The Morgan fingerprint density at radius 1 is 1.14 bits per heavy atom. The second kappa shape index (κ2) is 5.58. The number of rotatable bonds is 3. The molecule has 0 unspecified atom stereocenters.